The van der Waals surface area contributed by atoms with Gasteiger partial charge in [-0.15, -0.1) is 11.3 Å². The molecule has 2 aliphatic rings. The summed E-state index contributed by atoms with van der Waals surface area (Å²) in [7, 11) is 0. The highest BCUT2D eigenvalue weighted by atomic mass is 32.1. The first-order valence-electron chi connectivity index (χ1n) is 9.66. The largest absolute Gasteiger partial charge is 0.465 e. The normalized spacial score (nSPS) is 18.5. The molecule has 8 heteroatoms. The van der Waals surface area contributed by atoms with E-state index in [4.69, 9.17) is 9.15 Å². The molecule has 2 amide bonds. The van der Waals surface area contributed by atoms with Gasteiger partial charge in [-0.3, -0.25) is 4.79 Å². The number of nitriles is 1. The van der Waals surface area contributed by atoms with Crippen LogP contribution in [0.3, 0.4) is 0 Å². The van der Waals surface area contributed by atoms with E-state index in [1.807, 2.05) is 0 Å². The van der Waals surface area contributed by atoms with E-state index >= 15 is 0 Å². The van der Waals surface area contributed by atoms with E-state index in [-0.39, 0.29) is 24.1 Å². The molecule has 150 valence electrons. The highest BCUT2D eigenvalue weighted by molar-refractivity contribution is 7.16. The molecule has 1 unspecified atom stereocenters. The maximum Gasteiger partial charge on any atom is 0.407 e. The van der Waals surface area contributed by atoms with Gasteiger partial charge in [-0.2, -0.15) is 5.26 Å². The first-order valence-corrected chi connectivity index (χ1v) is 10.5. The molecule has 2 aromatic heterocycles. The van der Waals surface area contributed by atoms with Crippen molar-refractivity contribution in [1.29, 1.82) is 5.26 Å². The van der Waals surface area contributed by atoms with Crippen LogP contribution >= 0.6 is 11.3 Å². The second kappa shape index (κ2) is 8.53. The van der Waals surface area contributed by atoms with E-state index in [0.717, 1.165) is 29.7 Å². The van der Waals surface area contributed by atoms with Crippen LogP contribution < -0.4 is 10.6 Å². The molecule has 0 bridgehead atoms. The van der Waals surface area contributed by atoms with Gasteiger partial charge in [0, 0.05) is 23.4 Å². The topological polar surface area (TPSA) is 104 Å². The molecule has 0 aliphatic heterocycles. The summed E-state index contributed by atoms with van der Waals surface area (Å²) in [6.07, 6.45) is 8.94. The molecular formula is C21H21N3O4S. The number of carbonyl (C=O) groups excluding carboxylic acids is 2. The van der Waals surface area contributed by atoms with Crippen molar-refractivity contribution in [3.63, 3.8) is 0 Å². The minimum absolute atomic E-state index is 0.213. The third kappa shape index (κ3) is 4.51. The molecule has 2 heterocycles. The van der Waals surface area contributed by atoms with Crippen LogP contribution in [0.4, 0.5) is 9.80 Å². The number of furan rings is 1. The summed E-state index contributed by atoms with van der Waals surface area (Å²) in [5.41, 5.74) is 1.45. The van der Waals surface area contributed by atoms with Crippen molar-refractivity contribution >= 4 is 34.4 Å². The average Bonchev–Trinajstić information content (AvgIpc) is 3.30. The summed E-state index contributed by atoms with van der Waals surface area (Å²) in [6.45, 7) is 0. The van der Waals surface area contributed by atoms with Crippen molar-refractivity contribution in [3.8, 4) is 6.07 Å². The van der Waals surface area contributed by atoms with Crippen LogP contribution in [-0.4, -0.2) is 24.1 Å². The Balaban J connectivity index is 1.39. The number of thiophene rings is 1. The van der Waals surface area contributed by atoms with Gasteiger partial charge in [-0.1, -0.05) is 0 Å². The number of carbonyl (C=O) groups is 2. The van der Waals surface area contributed by atoms with Gasteiger partial charge in [-0.05, 0) is 55.9 Å². The lowest BCUT2D eigenvalue weighted by Gasteiger charge is -2.28. The first kappa shape index (κ1) is 19.3. The van der Waals surface area contributed by atoms with Gasteiger partial charge in [0.2, 0.25) is 5.91 Å². The molecule has 0 spiro atoms. The highest BCUT2D eigenvalue weighted by Crippen LogP contribution is 2.38. The Morgan fingerprint density at radius 3 is 2.90 bits per heavy atom. The Hall–Kier alpha value is -3.05. The number of hydrogen-bond acceptors (Lipinski definition) is 6. The lowest BCUT2D eigenvalue weighted by atomic mass is 9.93. The third-order valence-corrected chi connectivity index (χ3v) is 6.38. The molecule has 1 fully saturated rings. The van der Waals surface area contributed by atoms with E-state index < -0.39 is 0 Å². The fraction of sp³-hybridized carbons (Fsp3) is 0.381. The van der Waals surface area contributed by atoms with E-state index in [9.17, 15) is 14.9 Å². The van der Waals surface area contributed by atoms with Gasteiger partial charge in [-0.25, -0.2) is 4.79 Å². The van der Waals surface area contributed by atoms with Crippen molar-refractivity contribution in [2.24, 2.45) is 0 Å². The van der Waals surface area contributed by atoms with E-state index in [2.05, 4.69) is 16.7 Å². The SMILES string of the molecule is N#Cc1c(NC(=O)/C=C/c2ccco2)sc2c1CCC(OC(=O)NC1CCC1)C2. The maximum atomic E-state index is 12.2. The predicted octanol–water partition coefficient (Wildman–Crippen LogP) is 4.00. The number of alkyl carbamates (subject to hydrolysis) is 1. The number of fused-ring (bicyclic) bond motifs is 1. The molecule has 0 aromatic carbocycles. The second-order valence-corrected chi connectivity index (χ2v) is 8.31. The van der Waals surface area contributed by atoms with Crippen LogP contribution in [0.5, 0.6) is 0 Å². The molecule has 7 nitrogen and oxygen atoms in total. The molecule has 2 aromatic rings. The van der Waals surface area contributed by atoms with E-state index in [0.29, 0.717) is 35.6 Å². The fourth-order valence-corrected chi connectivity index (χ4v) is 4.73. The Morgan fingerprint density at radius 1 is 1.34 bits per heavy atom. The molecule has 4 rings (SSSR count). The highest BCUT2D eigenvalue weighted by Gasteiger charge is 2.29. The van der Waals surface area contributed by atoms with E-state index in [1.165, 1.54) is 23.7 Å². The van der Waals surface area contributed by atoms with Crippen LogP contribution in [0.15, 0.2) is 28.9 Å². The minimum atomic E-state index is -0.364. The number of nitrogens with zero attached hydrogens (tertiary/aromatic N) is 1. The standard InChI is InChI=1S/C21H21N3O4S/c22-12-17-16-8-6-15(28-21(26)23-13-3-1-4-13)11-18(16)29-20(17)24-19(25)9-7-14-5-2-10-27-14/h2,5,7,9-10,13,15H,1,3-4,6,8,11H2,(H,23,26)(H,24,25)/b9-7+. The lowest BCUT2D eigenvalue weighted by molar-refractivity contribution is -0.111. The Bertz CT molecular complexity index is 967. The van der Waals surface area contributed by atoms with Gasteiger partial charge >= 0.3 is 6.09 Å². The summed E-state index contributed by atoms with van der Waals surface area (Å²) >= 11 is 1.38. The van der Waals surface area contributed by atoms with Crippen LogP contribution in [-0.2, 0) is 22.4 Å². The Morgan fingerprint density at radius 2 is 2.21 bits per heavy atom. The zero-order valence-electron chi connectivity index (χ0n) is 15.8. The molecule has 2 aliphatic carbocycles. The smallest absolute Gasteiger partial charge is 0.407 e. The number of ether oxygens (including phenoxy) is 1. The van der Waals surface area contributed by atoms with Crippen molar-refractivity contribution < 1.29 is 18.7 Å². The number of anilines is 1. The summed E-state index contributed by atoms with van der Waals surface area (Å²) in [6, 6.07) is 5.93. The predicted molar refractivity (Wildman–Crippen MR) is 108 cm³/mol. The van der Waals surface area contributed by atoms with Crippen molar-refractivity contribution in [3.05, 3.63) is 46.2 Å². The quantitative estimate of drug-likeness (QED) is 0.724. The Kier molecular flexibility index (Phi) is 5.67. The first-order chi connectivity index (χ1) is 14.1. The van der Waals surface area contributed by atoms with Crippen LogP contribution in [0, 0.1) is 11.3 Å². The minimum Gasteiger partial charge on any atom is -0.465 e. The summed E-state index contributed by atoms with van der Waals surface area (Å²) in [5.74, 6) is 0.246. The van der Waals surface area contributed by atoms with Crippen molar-refractivity contribution in [2.75, 3.05) is 5.32 Å². The number of hydrogen-bond donors (Lipinski definition) is 2. The fourth-order valence-electron chi connectivity index (χ4n) is 3.46. The van der Waals surface area contributed by atoms with Gasteiger partial charge < -0.3 is 19.8 Å². The number of amides is 2. The molecular weight excluding hydrogens is 390 g/mol. The number of nitrogens with one attached hydrogen (secondary N) is 2. The zero-order chi connectivity index (χ0) is 20.2. The molecule has 0 radical (unpaired) electrons. The van der Waals surface area contributed by atoms with E-state index in [1.54, 1.807) is 18.2 Å². The number of rotatable bonds is 5. The van der Waals surface area contributed by atoms with Gasteiger partial charge in [0.1, 0.15) is 22.9 Å². The second-order valence-electron chi connectivity index (χ2n) is 7.20. The van der Waals surface area contributed by atoms with Crippen LogP contribution in [0.1, 0.15) is 47.4 Å². The summed E-state index contributed by atoms with van der Waals surface area (Å²) < 4.78 is 10.7. The van der Waals surface area contributed by atoms with Crippen LogP contribution in [0.2, 0.25) is 0 Å². The van der Waals surface area contributed by atoms with Gasteiger partial charge in [0.15, 0.2) is 0 Å². The monoisotopic (exact) mass is 411 g/mol. The zero-order valence-corrected chi connectivity index (χ0v) is 16.6. The molecule has 1 atom stereocenters. The molecule has 1 saturated carbocycles. The van der Waals surface area contributed by atoms with Gasteiger partial charge in [0.05, 0.1) is 11.8 Å². The van der Waals surface area contributed by atoms with Crippen LogP contribution in [0.25, 0.3) is 6.08 Å². The molecule has 2 N–H and O–H groups in total. The van der Waals surface area contributed by atoms with Crippen molar-refractivity contribution in [2.45, 2.75) is 50.7 Å². The summed E-state index contributed by atoms with van der Waals surface area (Å²) in [4.78, 5) is 25.2. The lowest BCUT2D eigenvalue weighted by Crippen LogP contribution is -2.41. The summed E-state index contributed by atoms with van der Waals surface area (Å²) in [5, 5.41) is 15.8. The third-order valence-electron chi connectivity index (χ3n) is 5.21. The maximum absolute atomic E-state index is 12.2. The van der Waals surface area contributed by atoms with Gasteiger partial charge in [0.25, 0.3) is 0 Å². The molecule has 29 heavy (non-hydrogen) atoms. The molecule has 0 saturated heterocycles. The average molecular weight is 411 g/mol. The van der Waals surface area contributed by atoms with Crippen molar-refractivity contribution in [1.82, 2.24) is 5.32 Å². The Labute approximate surface area is 172 Å².